The van der Waals surface area contributed by atoms with Crippen LogP contribution in [0.3, 0.4) is 0 Å². The molecule has 6 nitrogen and oxygen atoms in total. The molecule has 0 unspecified atom stereocenters. The summed E-state index contributed by atoms with van der Waals surface area (Å²) in [5.41, 5.74) is -1.33. The second-order valence-corrected chi connectivity index (χ2v) is 5.37. The van der Waals surface area contributed by atoms with Crippen molar-refractivity contribution in [3.05, 3.63) is 51.2 Å². The van der Waals surface area contributed by atoms with Crippen LogP contribution in [0.15, 0.2) is 39.9 Å². The highest BCUT2D eigenvalue weighted by Crippen LogP contribution is 2.25. The van der Waals surface area contributed by atoms with Gasteiger partial charge in [0.25, 0.3) is 5.56 Å². The minimum atomic E-state index is -0.665. The van der Waals surface area contributed by atoms with E-state index in [1.165, 1.54) is 7.11 Å². The van der Waals surface area contributed by atoms with E-state index < -0.39 is 16.9 Å². The largest absolute Gasteiger partial charge is 0.494 e. The number of methoxy groups -OCH3 is 1. The standard InChI is InChI=1S/C15H18N2O4/c1-15(2,21-3)9-17-13(19)11(12(18)16-14(17)20)10-7-5-4-6-8-10/h4-8,19H,9H2,1-3H3,(H,16,18,20). The molecule has 0 saturated heterocycles. The maximum Gasteiger partial charge on any atom is 0.331 e. The Morgan fingerprint density at radius 2 is 1.86 bits per heavy atom. The van der Waals surface area contributed by atoms with Crippen molar-refractivity contribution in [3.63, 3.8) is 0 Å². The lowest BCUT2D eigenvalue weighted by Crippen LogP contribution is -2.38. The van der Waals surface area contributed by atoms with Gasteiger partial charge in [0.05, 0.1) is 12.1 Å². The van der Waals surface area contributed by atoms with Crippen LogP contribution in [0, 0.1) is 0 Å². The second kappa shape index (κ2) is 5.57. The summed E-state index contributed by atoms with van der Waals surface area (Å²) < 4.78 is 6.37. The number of nitrogens with zero attached hydrogens (tertiary/aromatic N) is 1. The fourth-order valence-electron chi connectivity index (χ4n) is 2.02. The Morgan fingerprint density at radius 1 is 1.24 bits per heavy atom. The van der Waals surface area contributed by atoms with Crippen LogP contribution < -0.4 is 11.2 Å². The SMILES string of the molecule is COC(C)(C)Cn1c(O)c(-c2ccccc2)c(=O)[nH]c1=O. The van der Waals surface area contributed by atoms with Crippen LogP contribution in [0.1, 0.15) is 13.8 Å². The summed E-state index contributed by atoms with van der Waals surface area (Å²) >= 11 is 0. The van der Waals surface area contributed by atoms with E-state index in [0.717, 1.165) is 4.57 Å². The van der Waals surface area contributed by atoms with Gasteiger partial charge in [-0.2, -0.15) is 0 Å². The van der Waals surface area contributed by atoms with E-state index in [-0.39, 0.29) is 18.0 Å². The number of benzene rings is 1. The first kappa shape index (κ1) is 15.1. The molecule has 0 radical (unpaired) electrons. The van der Waals surface area contributed by atoms with Gasteiger partial charge in [0.2, 0.25) is 5.88 Å². The average molecular weight is 290 g/mol. The van der Waals surface area contributed by atoms with Gasteiger partial charge < -0.3 is 9.84 Å². The van der Waals surface area contributed by atoms with Crippen molar-refractivity contribution in [1.82, 2.24) is 9.55 Å². The third-order valence-electron chi connectivity index (χ3n) is 3.33. The molecule has 0 atom stereocenters. The third kappa shape index (κ3) is 3.05. The molecule has 1 heterocycles. The van der Waals surface area contributed by atoms with Gasteiger partial charge in [-0.05, 0) is 19.4 Å². The first-order chi connectivity index (χ1) is 9.85. The molecule has 0 aliphatic rings. The van der Waals surface area contributed by atoms with Crippen LogP contribution in [0.5, 0.6) is 5.88 Å². The van der Waals surface area contributed by atoms with Crippen molar-refractivity contribution in [2.45, 2.75) is 26.0 Å². The van der Waals surface area contributed by atoms with Crippen molar-refractivity contribution >= 4 is 0 Å². The summed E-state index contributed by atoms with van der Waals surface area (Å²) in [6.07, 6.45) is 0. The van der Waals surface area contributed by atoms with Crippen molar-refractivity contribution < 1.29 is 9.84 Å². The number of ether oxygens (including phenoxy) is 1. The molecule has 6 heteroatoms. The number of hydrogen-bond donors (Lipinski definition) is 2. The monoisotopic (exact) mass is 290 g/mol. The van der Waals surface area contributed by atoms with Crippen LogP contribution in [0.2, 0.25) is 0 Å². The molecular weight excluding hydrogens is 272 g/mol. The molecule has 0 fully saturated rings. The molecule has 112 valence electrons. The van der Waals surface area contributed by atoms with Gasteiger partial charge >= 0.3 is 5.69 Å². The molecule has 2 N–H and O–H groups in total. The highest BCUT2D eigenvalue weighted by molar-refractivity contribution is 5.67. The van der Waals surface area contributed by atoms with Gasteiger partial charge in [-0.3, -0.25) is 14.3 Å². The normalized spacial score (nSPS) is 11.6. The molecule has 0 aliphatic carbocycles. The van der Waals surface area contributed by atoms with Gasteiger partial charge in [-0.1, -0.05) is 30.3 Å². The number of aromatic amines is 1. The fourth-order valence-corrected chi connectivity index (χ4v) is 2.02. The molecule has 0 amide bonds. The lowest BCUT2D eigenvalue weighted by molar-refractivity contribution is 0.00546. The predicted molar refractivity (Wildman–Crippen MR) is 79.5 cm³/mol. The van der Waals surface area contributed by atoms with Crippen LogP contribution >= 0.6 is 0 Å². The summed E-state index contributed by atoms with van der Waals surface area (Å²) in [7, 11) is 1.52. The maximum absolute atomic E-state index is 12.0. The third-order valence-corrected chi connectivity index (χ3v) is 3.33. The Balaban J connectivity index is 2.65. The van der Waals surface area contributed by atoms with Gasteiger partial charge in [0.15, 0.2) is 0 Å². The zero-order valence-electron chi connectivity index (χ0n) is 12.2. The minimum Gasteiger partial charge on any atom is -0.494 e. The Hall–Kier alpha value is -2.34. The van der Waals surface area contributed by atoms with Crippen molar-refractivity contribution in [1.29, 1.82) is 0 Å². The first-order valence-electron chi connectivity index (χ1n) is 6.52. The number of aromatic nitrogens is 2. The Bertz CT molecular complexity index is 745. The summed E-state index contributed by atoms with van der Waals surface area (Å²) in [4.78, 5) is 26.1. The average Bonchev–Trinajstić information content (AvgIpc) is 2.44. The van der Waals surface area contributed by atoms with Crippen LogP contribution in [-0.2, 0) is 11.3 Å². The highest BCUT2D eigenvalue weighted by Gasteiger charge is 2.23. The van der Waals surface area contributed by atoms with E-state index in [4.69, 9.17) is 4.74 Å². The molecule has 0 saturated carbocycles. The van der Waals surface area contributed by atoms with E-state index in [1.54, 1.807) is 44.2 Å². The van der Waals surface area contributed by atoms with Crippen LogP contribution in [0.25, 0.3) is 11.1 Å². The summed E-state index contributed by atoms with van der Waals surface area (Å²) in [5.74, 6) is -0.361. The highest BCUT2D eigenvalue weighted by atomic mass is 16.5. The van der Waals surface area contributed by atoms with E-state index in [0.29, 0.717) is 5.56 Å². The molecular formula is C15H18N2O4. The smallest absolute Gasteiger partial charge is 0.331 e. The van der Waals surface area contributed by atoms with Crippen molar-refractivity contribution in [3.8, 4) is 17.0 Å². The van der Waals surface area contributed by atoms with E-state index in [9.17, 15) is 14.7 Å². The molecule has 0 spiro atoms. The van der Waals surface area contributed by atoms with E-state index >= 15 is 0 Å². The number of rotatable bonds is 4. The maximum atomic E-state index is 12.0. The number of aromatic hydroxyl groups is 1. The minimum absolute atomic E-state index is 0.0714. The molecule has 1 aromatic carbocycles. The topological polar surface area (TPSA) is 84.3 Å². The molecule has 2 aromatic rings. The number of nitrogens with one attached hydrogen (secondary N) is 1. The lowest BCUT2D eigenvalue weighted by Gasteiger charge is -2.24. The van der Waals surface area contributed by atoms with Crippen molar-refractivity contribution in [2.75, 3.05) is 7.11 Å². The van der Waals surface area contributed by atoms with Gasteiger partial charge in [0.1, 0.15) is 5.56 Å². The number of H-pyrrole nitrogens is 1. The first-order valence-corrected chi connectivity index (χ1v) is 6.52. The zero-order chi connectivity index (χ0) is 15.6. The van der Waals surface area contributed by atoms with Crippen LogP contribution in [0.4, 0.5) is 0 Å². The van der Waals surface area contributed by atoms with Gasteiger partial charge in [-0.25, -0.2) is 4.79 Å². The van der Waals surface area contributed by atoms with E-state index in [2.05, 4.69) is 4.98 Å². The predicted octanol–water partition coefficient (Wildman–Crippen LogP) is 1.33. The Labute approximate surface area is 121 Å². The zero-order valence-corrected chi connectivity index (χ0v) is 12.2. The van der Waals surface area contributed by atoms with Crippen molar-refractivity contribution in [2.24, 2.45) is 0 Å². The molecule has 0 aliphatic heterocycles. The Kier molecular flexibility index (Phi) is 3.99. The molecule has 2 rings (SSSR count). The van der Waals surface area contributed by atoms with Crippen LogP contribution in [-0.4, -0.2) is 27.4 Å². The summed E-state index contributed by atoms with van der Waals surface area (Å²) in [5, 5.41) is 10.4. The molecule has 0 bridgehead atoms. The summed E-state index contributed by atoms with van der Waals surface area (Å²) in [6.45, 7) is 3.68. The van der Waals surface area contributed by atoms with E-state index in [1.807, 2.05) is 0 Å². The number of hydrogen-bond acceptors (Lipinski definition) is 4. The molecule has 1 aromatic heterocycles. The molecule has 21 heavy (non-hydrogen) atoms. The summed E-state index contributed by atoms with van der Waals surface area (Å²) in [6, 6.07) is 8.70. The van der Waals surface area contributed by atoms with Gasteiger partial charge in [-0.15, -0.1) is 0 Å². The fraction of sp³-hybridized carbons (Fsp3) is 0.333. The quantitative estimate of drug-likeness (QED) is 0.889. The Morgan fingerprint density at radius 3 is 2.43 bits per heavy atom. The second-order valence-electron chi connectivity index (χ2n) is 5.37. The van der Waals surface area contributed by atoms with Gasteiger partial charge in [0, 0.05) is 7.11 Å². The lowest BCUT2D eigenvalue weighted by atomic mass is 10.1.